The fourth-order valence-electron chi connectivity index (χ4n) is 4.20. The van der Waals surface area contributed by atoms with Gasteiger partial charge in [-0.2, -0.15) is 0 Å². The quantitative estimate of drug-likeness (QED) is 0.170. The second-order valence-corrected chi connectivity index (χ2v) is 8.74. The van der Waals surface area contributed by atoms with Crippen LogP contribution in [0.1, 0.15) is 18.8 Å². The molecule has 0 radical (unpaired) electrons. The van der Waals surface area contributed by atoms with Gasteiger partial charge in [0, 0.05) is 19.2 Å². The summed E-state index contributed by atoms with van der Waals surface area (Å²) < 4.78 is 19.0. The molecule has 17 nitrogen and oxygen atoms in total. The lowest BCUT2D eigenvalue weighted by Gasteiger charge is -2.42. The molecule has 2 aliphatic rings. The number of aromatic nitrogens is 5. The van der Waals surface area contributed by atoms with Crippen molar-refractivity contribution in [3.05, 3.63) is 45.0 Å². The van der Waals surface area contributed by atoms with E-state index in [2.05, 4.69) is 15.6 Å². The number of ether oxygens (including phenoxy) is 3. The van der Waals surface area contributed by atoms with E-state index in [1.807, 2.05) is 4.98 Å². The summed E-state index contributed by atoms with van der Waals surface area (Å²) in [6.45, 7) is 0.358. The third-order valence-electron chi connectivity index (χ3n) is 6.06. The van der Waals surface area contributed by atoms with Gasteiger partial charge in [0.15, 0.2) is 12.5 Å². The van der Waals surface area contributed by atoms with E-state index >= 15 is 0 Å². The molecule has 1 amide bonds. The van der Waals surface area contributed by atoms with Gasteiger partial charge in [0.2, 0.25) is 5.91 Å². The van der Waals surface area contributed by atoms with Crippen molar-refractivity contribution in [1.82, 2.24) is 29.9 Å². The standard InChI is InChI=1S/C20H28N6O11/c1-8(28)21-13-16(32)15(31)11(6-27)37-19(13)35-7-9-4-25(24-23-9)5-10-14(30)17(33)18(36-10)26-3-2-12(29)22-20(26)34/h2-4,10-11,13-19,27,30-33H,5-7H2,1H3,(H,21,28)(H,22,29,34)/t10-,11-,13-,14-,15-,16-,17-,18-,19+/m1/s1. The highest BCUT2D eigenvalue weighted by atomic mass is 16.7. The lowest BCUT2D eigenvalue weighted by atomic mass is 9.97. The molecule has 2 aliphatic heterocycles. The summed E-state index contributed by atoms with van der Waals surface area (Å²) in [5.41, 5.74) is -1.15. The first-order valence-electron chi connectivity index (χ1n) is 11.3. The number of H-pyrrole nitrogens is 1. The smallest absolute Gasteiger partial charge is 0.330 e. The molecule has 37 heavy (non-hydrogen) atoms. The zero-order valence-corrected chi connectivity index (χ0v) is 19.5. The minimum Gasteiger partial charge on any atom is -0.394 e. The van der Waals surface area contributed by atoms with Crippen LogP contribution < -0.4 is 16.6 Å². The number of aliphatic hydroxyl groups is 5. The number of rotatable bonds is 8. The van der Waals surface area contributed by atoms with Gasteiger partial charge in [-0.3, -0.25) is 19.1 Å². The second kappa shape index (κ2) is 11.2. The van der Waals surface area contributed by atoms with Crippen LogP contribution >= 0.6 is 0 Å². The van der Waals surface area contributed by atoms with Crippen molar-refractivity contribution in [2.45, 2.75) is 75.3 Å². The average molecular weight is 528 g/mol. The van der Waals surface area contributed by atoms with Gasteiger partial charge >= 0.3 is 5.69 Å². The molecule has 0 unspecified atom stereocenters. The van der Waals surface area contributed by atoms with Crippen molar-refractivity contribution >= 4 is 5.91 Å². The third kappa shape index (κ3) is 5.78. The first kappa shape index (κ1) is 27.0. The third-order valence-corrected chi connectivity index (χ3v) is 6.06. The lowest BCUT2D eigenvalue weighted by Crippen LogP contribution is -2.64. The van der Waals surface area contributed by atoms with E-state index in [0.717, 1.165) is 16.8 Å². The fraction of sp³-hybridized carbons (Fsp3) is 0.650. The highest BCUT2D eigenvalue weighted by molar-refractivity contribution is 5.73. The Morgan fingerprint density at radius 1 is 1.14 bits per heavy atom. The van der Waals surface area contributed by atoms with Crippen molar-refractivity contribution < 1.29 is 44.5 Å². The van der Waals surface area contributed by atoms with Crippen LogP contribution in [0.5, 0.6) is 0 Å². The van der Waals surface area contributed by atoms with Crippen LogP contribution in [0.3, 0.4) is 0 Å². The summed E-state index contributed by atoms with van der Waals surface area (Å²) >= 11 is 0. The summed E-state index contributed by atoms with van der Waals surface area (Å²) in [4.78, 5) is 36.9. The van der Waals surface area contributed by atoms with Crippen LogP contribution in [0, 0.1) is 0 Å². The summed E-state index contributed by atoms with van der Waals surface area (Å²) in [7, 11) is 0. The van der Waals surface area contributed by atoms with Crippen molar-refractivity contribution in [3.8, 4) is 0 Å². The SMILES string of the molecule is CC(=O)N[C@H]1[C@@H](OCc2cn(C[C@H]3O[C@@H](n4ccc(=O)[nH]c4=O)[C@H](O)[C@@H]3O)nn2)O[C@H](CO)[C@@H](O)[C@@H]1O. The Morgan fingerprint density at radius 3 is 2.54 bits per heavy atom. The van der Waals surface area contributed by atoms with Gasteiger partial charge in [-0.1, -0.05) is 5.21 Å². The van der Waals surface area contributed by atoms with Crippen LogP contribution in [-0.2, 0) is 32.2 Å². The molecule has 2 aromatic heterocycles. The normalized spacial score (nSPS) is 33.9. The summed E-state index contributed by atoms with van der Waals surface area (Å²) in [6.07, 6.45) is -7.76. The number of aromatic amines is 1. The molecule has 0 aliphatic carbocycles. The minimum atomic E-state index is -1.47. The zero-order valence-electron chi connectivity index (χ0n) is 19.5. The number of nitrogens with zero attached hydrogens (tertiary/aromatic N) is 4. The minimum absolute atomic E-state index is 0.0637. The molecule has 7 N–H and O–H groups in total. The van der Waals surface area contributed by atoms with Gasteiger partial charge < -0.3 is 45.1 Å². The maximum absolute atomic E-state index is 12.0. The van der Waals surface area contributed by atoms with Crippen LogP contribution in [0.2, 0.25) is 0 Å². The molecule has 0 spiro atoms. The van der Waals surface area contributed by atoms with E-state index in [1.165, 1.54) is 17.8 Å². The molecule has 4 rings (SSSR count). The van der Waals surface area contributed by atoms with Crippen molar-refractivity contribution in [1.29, 1.82) is 0 Å². The Bertz CT molecular complexity index is 1200. The highest BCUT2D eigenvalue weighted by Gasteiger charge is 2.46. The van der Waals surface area contributed by atoms with Gasteiger partial charge in [0.05, 0.1) is 26.0 Å². The van der Waals surface area contributed by atoms with Crippen LogP contribution in [-0.4, -0.2) is 112 Å². The summed E-state index contributed by atoms with van der Waals surface area (Å²) in [6, 6.07) is -0.0438. The summed E-state index contributed by atoms with van der Waals surface area (Å²) in [5, 5.41) is 60.9. The van der Waals surface area contributed by atoms with Crippen molar-refractivity contribution in [3.63, 3.8) is 0 Å². The van der Waals surface area contributed by atoms with Crippen LogP contribution in [0.25, 0.3) is 0 Å². The highest BCUT2D eigenvalue weighted by Crippen LogP contribution is 2.29. The van der Waals surface area contributed by atoms with E-state index < -0.39 is 78.9 Å². The van der Waals surface area contributed by atoms with Gasteiger partial charge in [-0.25, -0.2) is 9.48 Å². The Balaban J connectivity index is 1.39. The predicted molar refractivity (Wildman–Crippen MR) is 117 cm³/mol. The Labute approximate surface area is 207 Å². The number of carbonyl (C=O) groups is 1. The fourth-order valence-corrected chi connectivity index (χ4v) is 4.20. The number of hydrogen-bond acceptors (Lipinski definition) is 13. The molecule has 0 bridgehead atoms. The van der Waals surface area contributed by atoms with E-state index in [1.54, 1.807) is 0 Å². The largest absolute Gasteiger partial charge is 0.394 e. The molecule has 17 heteroatoms. The number of aliphatic hydroxyl groups excluding tert-OH is 5. The van der Waals surface area contributed by atoms with Gasteiger partial charge in [0.1, 0.15) is 48.4 Å². The molecule has 4 heterocycles. The van der Waals surface area contributed by atoms with Crippen molar-refractivity contribution in [2.75, 3.05) is 6.61 Å². The van der Waals surface area contributed by atoms with Crippen LogP contribution in [0.4, 0.5) is 0 Å². The van der Waals surface area contributed by atoms with Crippen LogP contribution in [0.15, 0.2) is 28.0 Å². The predicted octanol–water partition coefficient (Wildman–Crippen LogP) is -5.09. The molecule has 0 aromatic carbocycles. The maximum Gasteiger partial charge on any atom is 0.330 e. The lowest BCUT2D eigenvalue weighted by molar-refractivity contribution is -0.273. The molecular formula is C20H28N6O11. The second-order valence-electron chi connectivity index (χ2n) is 8.74. The topological polar surface area (TPSA) is 244 Å². The molecule has 2 fully saturated rings. The maximum atomic E-state index is 12.0. The summed E-state index contributed by atoms with van der Waals surface area (Å²) in [5.74, 6) is -0.499. The van der Waals surface area contributed by atoms with Gasteiger partial charge in [-0.15, -0.1) is 5.10 Å². The monoisotopic (exact) mass is 528 g/mol. The van der Waals surface area contributed by atoms with E-state index in [-0.39, 0.29) is 18.8 Å². The van der Waals surface area contributed by atoms with Crippen molar-refractivity contribution in [2.24, 2.45) is 0 Å². The number of hydrogen-bond donors (Lipinski definition) is 7. The molecular weight excluding hydrogens is 500 g/mol. The molecule has 2 aromatic rings. The molecule has 204 valence electrons. The molecule has 2 saturated heterocycles. The Kier molecular flexibility index (Phi) is 8.14. The first-order valence-corrected chi connectivity index (χ1v) is 11.3. The average Bonchev–Trinajstić information content (AvgIpc) is 3.41. The number of carbonyl (C=O) groups excluding carboxylic acids is 1. The van der Waals surface area contributed by atoms with Gasteiger partial charge in [-0.05, 0) is 0 Å². The van der Waals surface area contributed by atoms with E-state index in [9.17, 15) is 39.9 Å². The first-order chi connectivity index (χ1) is 17.6. The zero-order chi connectivity index (χ0) is 26.9. The molecule has 0 saturated carbocycles. The van der Waals surface area contributed by atoms with E-state index in [4.69, 9.17) is 14.2 Å². The number of amides is 1. The van der Waals surface area contributed by atoms with Gasteiger partial charge in [0.25, 0.3) is 5.56 Å². The Hall–Kier alpha value is -3.03. The Morgan fingerprint density at radius 2 is 1.86 bits per heavy atom. The number of nitrogens with one attached hydrogen (secondary N) is 2. The van der Waals surface area contributed by atoms with E-state index in [0.29, 0.717) is 0 Å². The molecule has 9 atom stereocenters.